The van der Waals surface area contributed by atoms with E-state index in [2.05, 4.69) is 4.98 Å². The first-order valence-electron chi connectivity index (χ1n) is 5.13. The highest BCUT2D eigenvalue weighted by Gasteiger charge is 2.05. The van der Waals surface area contributed by atoms with Crippen LogP contribution in [0.4, 0.5) is 0 Å². The summed E-state index contributed by atoms with van der Waals surface area (Å²) < 4.78 is 10.5. The highest BCUT2D eigenvalue weighted by Crippen LogP contribution is 2.34. The summed E-state index contributed by atoms with van der Waals surface area (Å²) in [4.78, 5) is 6.24. The third kappa shape index (κ3) is 2.91. The number of ether oxygens (including phenoxy) is 2. The molecular weight excluding hydrogens is 234 g/mol. The van der Waals surface area contributed by atoms with Crippen LogP contribution >= 0.6 is 11.8 Å². The second-order valence-electron chi connectivity index (χ2n) is 3.30. The monoisotopic (exact) mass is 247 g/mol. The molecule has 0 radical (unpaired) electrons. The molecule has 2 rings (SSSR count). The molecule has 4 heteroatoms. The maximum absolute atomic E-state index is 5.26. The average molecular weight is 247 g/mol. The van der Waals surface area contributed by atoms with E-state index in [1.807, 2.05) is 30.3 Å². The Balaban J connectivity index is 2.22. The molecule has 0 saturated heterocycles. The van der Waals surface area contributed by atoms with Crippen LogP contribution in [0.25, 0.3) is 0 Å². The van der Waals surface area contributed by atoms with Gasteiger partial charge in [-0.05, 0) is 30.3 Å². The van der Waals surface area contributed by atoms with Crippen LogP contribution in [0.2, 0.25) is 0 Å². The van der Waals surface area contributed by atoms with Crippen molar-refractivity contribution in [3.63, 3.8) is 0 Å². The van der Waals surface area contributed by atoms with Gasteiger partial charge in [0.1, 0.15) is 0 Å². The zero-order chi connectivity index (χ0) is 12.1. The Kier molecular flexibility index (Phi) is 3.88. The fraction of sp³-hybridized carbons (Fsp3) is 0.154. The molecule has 3 nitrogen and oxygen atoms in total. The molecule has 1 aromatic carbocycles. The summed E-state index contributed by atoms with van der Waals surface area (Å²) in [7, 11) is 3.27. The first-order valence-corrected chi connectivity index (χ1v) is 5.95. The number of methoxy groups -OCH3 is 2. The fourth-order valence-electron chi connectivity index (χ4n) is 1.42. The number of hydrogen-bond acceptors (Lipinski definition) is 4. The Morgan fingerprint density at radius 1 is 0.882 bits per heavy atom. The summed E-state index contributed by atoms with van der Waals surface area (Å²) in [6, 6.07) is 9.82. The number of benzene rings is 1. The summed E-state index contributed by atoms with van der Waals surface area (Å²) in [6.45, 7) is 0. The maximum Gasteiger partial charge on any atom is 0.161 e. The van der Waals surface area contributed by atoms with E-state index in [0.29, 0.717) is 0 Å². The molecule has 17 heavy (non-hydrogen) atoms. The highest BCUT2D eigenvalue weighted by molar-refractivity contribution is 7.99. The van der Waals surface area contributed by atoms with Crippen LogP contribution in [0.3, 0.4) is 0 Å². The van der Waals surface area contributed by atoms with Gasteiger partial charge in [-0.25, -0.2) is 0 Å². The van der Waals surface area contributed by atoms with E-state index < -0.39 is 0 Å². The largest absolute Gasteiger partial charge is 0.493 e. The van der Waals surface area contributed by atoms with Gasteiger partial charge in [-0.1, -0.05) is 11.8 Å². The summed E-state index contributed by atoms with van der Waals surface area (Å²) in [6.07, 6.45) is 3.56. The Bertz CT molecular complexity index is 488. The van der Waals surface area contributed by atoms with Gasteiger partial charge >= 0.3 is 0 Å². The molecule has 0 aliphatic heterocycles. The molecule has 1 heterocycles. The molecule has 0 aliphatic rings. The lowest BCUT2D eigenvalue weighted by Gasteiger charge is -2.09. The van der Waals surface area contributed by atoms with Crippen LogP contribution in [-0.2, 0) is 0 Å². The minimum Gasteiger partial charge on any atom is -0.493 e. The molecule has 1 aromatic heterocycles. The van der Waals surface area contributed by atoms with Gasteiger partial charge in [0.2, 0.25) is 0 Å². The van der Waals surface area contributed by atoms with E-state index >= 15 is 0 Å². The summed E-state index contributed by atoms with van der Waals surface area (Å²) >= 11 is 1.66. The molecule has 0 atom stereocenters. The van der Waals surface area contributed by atoms with Gasteiger partial charge in [0, 0.05) is 22.2 Å². The second-order valence-corrected chi connectivity index (χ2v) is 4.45. The van der Waals surface area contributed by atoms with Crippen molar-refractivity contribution in [1.29, 1.82) is 0 Å². The molecule has 0 saturated carbocycles. The molecule has 0 aliphatic carbocycles. The first kappa shape index (κ1) is 11.8. The minimum absolute atomic E-state index is 0.742. The lowest BCUT2D eigenvalue weighted by molar-refractivity contribution is 0.354. The van der Waals surface area contributed by atoms with Gasteiger partial charge < -0.3 is 9.47 Å². The van der Waals surface area contributed by atoms with Crippen molar-refractivity contribution in [2.75, 3.05) is 14.2 Å². The van der Waals surface area contributed by atoms with Crippen LogP contribution in [0.15, 0.2) is 52.5 Å². The van der Waals surface area contributed by atoms with Gasteiger partial charge in [0.05, 0.1) is 14.2 Å². The van der Waals surface area contributed by atoms with Crippen molar-refractivity contribution < 1.29 is 9.47 Å². The smallest absolute Gasteiger partial charge is 0.161 e. The molecule has 0 unspecified atom stereocenters. The number of nitrogens with zero attached hydrogens (tertiary/aromatic N) is 1. The van der Waals surface area contributed by atoms with E-state index in [9.17, 15) is 0 Å². The van der Waals surface area contributed by atoms with E-state index in [-0.39, 0.29) is 0 Å². The van der Waals surface area contributed by atoms with Crippen molar-refractivity contribution in [3.8, 4) is 11.5 Å². The number of pyridine rings is 1. The predicted molar refractivity (Wildman–Crippen MR) is 67.9 cm³/mol. The molecule has 0 amide bonds. The zero-order valence-corrected chi connectivity index (χ0v) is 10.5. The molecule has 2 aromatic rings. The normalized spacial score (nSPS) is 10.0. The Hall–Kier alpha value is -1.68. The molecule has 0 bridgehead atoms. The van der Waals surface area contributed by atoms with E-state index in [0.717, 1.165) is 21.3 Å². The van der Waals surface area contributed by atoms with Crippen LogP contribution < -0.4 is 9.47 Å². The Morgan fingerprint density at radius 2 is 1.59 bits per heavy atom. The van der Waals surface area contributed by atoms with E-state index in [4.69, 9.17) is 9.47 Å². The highest BCUT2D eigenvalue weighted by atomic mass is 32.2. The standard InChI is InChI=1S/C13H13NO2S/c1-15-12-4-3-11(9-13(12)16-2)17-10-5-7-14-8-6-10/h3-9H,1-2H3. The van der Waals surface area contributed by atoms with Crippen molar-refractivity contribution in [2.45, 2.75) is 9.79 Å². The van der Waals surface area contributed by atoms with Gasteiger partial charge in [0.25, 0.3) is 0 Å². The van der Waals surface area contributed by atoms with Crippen molar-refractivity contribution in [1.82, 2.24) is 4.98 Å². The summed E-state index contributed by atoms with van der Waals surface area (Å²) in [5.74, 6) is 1.48. The van der Waals surface area contributed by atoms with Gasteiger partial charge in [-0.2, -0.15) is 0 Å². The first-order chi connectivity index (χ1) is 8.33. The number of rotatable bonds is 4. The summed E-state index contributed by atoms with van der Waals surface area (Å²) in [5, 5.41) is 0. The Labute approximate surface area is 105 Å². The zero-order valence-electron chi connectivity index (χ0n) is 9.71. The number of hydrogen-bond donors (Lipinski definition) is 0. The van der Waals surface area contributed by atoms with Crippen LogP contribution in [-0.4, -0.2) is 19.2 Å². The quantitative estimate of drug-likeness (QED) is 0.830. The van der Waals surface area contributed by atoms with Gasteiger partial charge in [-0.3, -0.25) is 4.98 Å². The number of aromatic nitrogens is 1. The Morgan fingerprint density at radius 3 is 2.24 bits per heavy atom. The molecule has 88 valence electrons. The van der Waals surface area contributed by atoms with Gasteiger partial charge in [0.15, 0.2) is 11.5 Å². The SMILES string of the molecule is COc1ccc(Sc2ccncc2)cc1OC. The van der Waals surface area contributed by atoms with E-state index in [1.54, 1.807) is 38.4 Å². The third-order valence-electron chi connectivity index (χ3n) is 2.24. The maximum atomic E-state index is 5.26. The minimum atomic E-state index is 0.742. The van der Waals surface area contributed by atoms with Crippen molar-refractivity contribution in [2.24, 2.45) is 0 Å². The van der Waals surface area contributed by atoms with Gasteiger partial charge in [-0.15, -0.1) is 0 Å². The third-order valence-corrected chi connectivity index (χ3v) is 3.24. The van der Waals surface area contributed by atoms with Crippen LogP contribution in [0, 0.1) is 0 Å². The molecule has 0 spiro atoms. The molecular formula is C13H13NO2S. The second kappa shape index (κ2) is 5.59. The predicted octanol–water partition coefficient (Wildman–Crippen LogP) is 3.25. The average Bonchev–Trinajstić information content (AvgIpc) is 2.40. The van der Waals surface area contributed by atoms with Crippen LogP contribution in [0.5, 0.6) is 11.5 Å². The lowest BCUT2D eigenvalue weighted by atomic mass is 10.3. The van der Waals surface area contributed by atoms with Crippen molar-refractivity contribution in [3.05, 3.63) is 42.7 Å². The molecule has 0 N–H and O–H groups in total. The lowest BCUT2D eigenvalue weighted by Crippen LogP contribution is -1.90. The van der Waals surface area contributed by atoms with Crippen molar-refractivity contribution >= 4 is 11.8 Å². The van der Waals surface area contributed by atoms with Crippen LogP contribution in [0.1, 0.15) is 0 Å². The van der Waals surface area contributed by atoms with E-state index in [1.165, 1.54) is 0 Å². The fourth-order valence-corrected chi connectivity index (χ4v) is 2.25. The summed E-state index contributed by atoms with van der Waals surface area (Å²) in [5.41, 5.74) is 0. The topological polar surface area (TPSA) is 31.4 Å². The molecule has 0 fully saturated rings.